The molecule has 0 saturated carbocycles. The van der Waals surface area contributed by atoms with Crippen LogP contribution in [-0.4, -0.2) is 31.7 Å². The molecule has 0 unspecified atom stereocenters. The van der Waals surface area contributed by atoms with E-state index >= 15 is 0 Å². The Labute approximate surface area is 191 Å². The fourth-order valence-corrected chi connectivity index (χ4v) is 6.48. The number of piperidine rings is 1. The van der Waals surface area contributed by atoms with E-state index in [9.17, 15) is 17.6 Å². The Morgan fingerprint density at radius 3 is 2.47 bits per heavy atom. The van der Waals surface area contributed by atoms with E-state index in [2.05, 4.69) is 17.4 Å². The number of sulfonamides is 1. The van der Waals surface area contributed by atoms with E-state index in [0.717, 1.165) is 36.0 Å². The highest BCUT2D eigenvalue weighted by Gasteiger charge is 2.32. The Kier molecular flexibility index (Phi) is 5.43. The minimum atomic E-state index is -3.79. The molecule has 0 radical (unpaired) electrons. The first kappa shape index (κ1) is 21.4. The molecule has 1 saturated heterocycles. The summed E-state index contributed by atoms with van der Waals surface area (Å²) in [5.74, 6) is -1.03. The van der Waals surface area contributed by atoms with E-state index in [1.807, 2.05) is 18.2 Å². The molecular weight excluding hydrogens is 451 g/mol. The maximum Gasteiger partial charge on any atom is 0.243 e. The molecule has 0 spiro atoms. The lowest BCUT2D eigenvalue weighted by Gasteiger charge is -2.30. The number of benzene rings is 3. The number of nitrogens with zero attached hydrogens (tertiary/aromatic N) is 1. The predicted molar refractivity (Wildman–Crippen MR) is 123 cm³/mol. The molecule has 3 aromatic carbocycles. The molecule has 1 aliphatic carbocycles. The van der Waals surface area contributed by atoms with Gasteiger partial charge >= 0.3 is 0 Å². The Morgan fingerprint density at radius 1 is 1.03 bits per heavy atom. The monoisotopic (exact) mass is 472 g/mol. The van der Waals surface area contributed by atoms with Crippen LogP contribution in [0.1, 0.15) is 24.0 Å². The highest BCUT2D eigenvalue weighted by Crippen LogP contribution is 2.35. The minimum Gasteiger partial charge on any atom is -0.325 e. The number of hydrogen-bond donors (Lipinski definition) is 1. The summed E-state index contributed by atoms with van der Waals surface area (Å²) in [6, 6.07) is 13.6. The van der Waals surface area contributed by atoms with Crippen LogP contribution < -0.4 is 5.32 Å². The quantitative estimate of drug-likeness (QED) is 0.594. The van der Waals surface area contributed by atoms with Crippen molar-refractivity contribution in [1.82, 2.24) is 4.31 Å². The molecule has 1 amide bonds. The summed E-state index contributed by atoms with van der Waals surface area (Å²) in [4.78, 5) is 12.9. The summed E-state index contributed by atoms with van der Waals surface area (Å²) < 4.78 is 40.5. The van der Waals surface area contributed by atoms with Crippen LogP contribution in [0.3, 0.4) is 0 Å². The summed E-state index contributed by atoms with van der Waals surface area (Å²) in [6.45, 7) is 0.443. The van der Waals surface area contributed by atoms with Gasteiger partial charge in [-0.15, -0.1) is 0 Å². The van der Waals surface area contributed by atoms with Gasteiger partial charge in [-0.2, -0.15) is 4.31 Å². The van der Waals surface area contributed by atoms with Crippen molar-refractivity contribution in [2.75, 3.05) is 18.4 Å². The normalized spacial score (nSPS) is 17.1. The van der Waals surface area contributed by atoms with Gasteiger partial charge in [0.15, 0.2) is 0 Å². The highest BCUT2D eigenvalue weighted by atomic mass is 35.5. The zero-order chi connectivity index (χ0) is 22.5. The Morgan fingerprint density at radius 2 is 1.75 bits per heavy atom. The van der Waals surface area contributed by atoms with E-state index in [1.54, 1.807) is 0 Å². The van der Waals surface area contributed by atoms with Gasteiger partial charge < -0.3 is 5.32 Å². The van der Waals surface area contributed by atoms with Gasteiger partial charge in [0.2, 0.25) is 15.9 Å². The van der Waals surface area contributed by atoms with Crippen LogP contribution in [0.5, 0.6) is 0 Å². The maximum atomic E-state index is 13.4. The van der Waals surface area contributed by atoms with Crippen LogP contribution in [0.2, 0.25) is 5.02 Å². The standard InChI is InChI=1S/C24H22ClFN2O3S/c25-20-14-18(7-8-21(20)26)32(30,31)28-12-10-17(11-13-28)24(29)27-22-9-6-16-5-4-15-2-1-3-19(22)23(15)16/h1-3,6-9,14,17H,4-5,10-13H2,(H,27,29). The van der Waals surface area contributed by atoms with Crippen molar-refractivity contribution in [3.8, 4) is 0 Å². The summed E-state index contributed by atoms with van der Waals surface area (Å²) in [7, 11) is -3.79. The van der Waals surface area contributed by atoms with Crippen molar-refractivity contribution in [2.45, 2.75) is 30.6 Å². The molecular formula is C24H22ClFN2O3S. The van der Waals surface area contributed by atoms with Gasteiger partial charge in [0.25, 0.3) is 0 Å². The second-order valence-corrected chi connectivity index (χ2v) is 10.7. The molecule has 0 atom stereocenters. The number of halogens is 2. The van der Waals surface area contributed by atoms with Gasteiger partial charge in [0.05, 0.1) is 9.92 Å². The number of carbonyl (C=O) groups excluding carboxylic acids is 1. The number of hydrogen-bond acceptors (Lipinski definition) is 3. The van der Waals surface area contributed by atoms with Gasteiger partial charge in [0, 0.05) is 30.1 Å². The summed E-state index contributed by atoms with van der Waals surface area (Å²) in [6.07, 6.45) is 2.88. The van der Waals surface area contributed by atoms with Crippen molar-refractivity contribution in [3.05, 3.63) is 70.5 Å². The number of amides is 1. The van der Waals surface area contributed by atoms with E-state index < -0.39 is 15.8 Å². The molecule has 1 N–H and O–H groups in total. The molecule has 1 fully saturated rings. The van der Waals surface area contributed by atoms with Gasteiger partial charge in [0.1, 0.15) is 5.82 Å². The van der Waals surface area contributed by atoms with Crippen molar-refractivity contribution < 1.29 is 17.6 Å². The number of carbonyl (C=O) groups is 1. The average Bonchev–Trinajstić information content (AvgIpc) is 3.22. The fourth-order valence-electron chi connectivity index (χ4n) is 4.74. The zero-order valence-corrected chi connectivity index (χ0v) is 18.8. The summed E-state index contributed by atoms with van der Waals surface area (Å²) in [5, 5.41) is 5.13. The maximum absolute atomic E-state index is 13.4. The van der Waals surface area contributed by atoms with Gasteiger partial charge in [-0.1, -0.05) is 35.9 Å². The van der Waals surface area contributed by atoms with Crippen LogP contribution in [0.15, 0.2) is 53.4 Å². The van der Waals surface area contributed by atoms with Gasteiger partial charge in [-0.3, -0.25) is 4.79 Å². The Hall–Kier alpha value is -2.48. The molecule has 3 aromatic rings. The third-order valence-electron chi connectivity index (χ3n) is 6.49. The number of anilines is 1. The van der Waals surface area contributed by atoms with Crippen molar-refractivity contribution in [2.24, 2.45) is 5.92 Å². The van der Waals surface area contributed by atoms with Gasteiger partial charge in [-0.25, -0.2) is 12.8 Å². The summed E-state index contributed by atoms with van der Waals surface area (Å²) >= 11 is 5.75. The van der Waals surface area contributed by atoms with Crippen LogP contribution in [-0.2, 0) is 27.7 Å². The van der Waals surface area contributed by atoms with Crippen molar-refractivity contribution in [3.63, 3.8) is 0 Å². The number of aryl methyl sites for hydroxylation is 2. The first-order valence-corrected chi connectivity index (χ1v) is 12.5. The lowest BCUT2D eigenvalue weighted by molar-refractivity contribution is -0.120. The second-order valence-electron chi connectivity index (χ2n) is 8.36. The molecule has 5 nitrogen and oxygen atoms in total. The molecule has 0 bridgehead atoms. The topological polar surface area (TPSA) is 66.5 Å². The van der Waals surface area contributed by atoms with Crippen LogP contribution in [0.25, 0.3) is 10.8 Å². The second kappa shape index (κ2) is 8.14. The van der Waals surface area contributed by atoms with E-state index in [-0.39, 0.29) is 34.8 Å². The third kappa shape index (κ3) is 3.68. The number of nitrogens with one attached hydrogen (secondary N) is 1. The first-order chi connectivity index (χ1) is 15.3. The van der Waals surface area contributed by atoms with E-state index in [4.69, 9.17) is 11.6 Å². The van der Waals surface area contributed by atoms with Crippen molar-refractivity contribution >= 4 is 44.0 Å². The van der Waals surface area contributed by atoms with E-state index in [0.29, 0.717) is 12.8 Å². The molecule has 1 aliphatic heterocycles. The number of rotatable bonds is 4. The SMILES string of the molecule is O=C(Nc1ccc2c3c(cccc13)CC2)C1CCN(S(=O)(=O)c2ccc(F)c(Cl)c2)CC1. The predicted octanol–water partition coefficient (Wildman–Crippen LogP) is 4.77. The molecule has 166 valence electrons. The molecule has 5 rings (SSSR count). The largest absolute Gasteiger partial charge is 0.325 e. The molecule has 32 heavy (non-hydrogen) atoms. The smallest absolute Gasteiger partial charge is 0.243 e. The molecule has 8 heteroatoms. The minimum absolute atomic E-state index is 0.0420. The van der Waals surface area contributed by atoms with E-state index in [1.165, 1.54) is 26.9 Å². The first-order valence-electron chi connectivity index (χ1n) is 10.6. The molecule has 1 heterocycles. The summed E-state index contributed by atoms with van der Waals surface area (Å²) in [5.41, 5.74) is 3.43. The highest BCUT2D eigenvalue weighted by molar-refractivity contribution is 7.89. The van der Waals surface area contributed by atoms with Crippen LogP contribution in [0, 0.1) is 11.7 Å². The molecule has 2 aliphatic rings. The van der Waals surface area contributed by atoms with Crippen LogP contribution in [0.4, 0.5) is 10.1 Å². The Balaban J connectivity index is 1.28. The van der Waals surface area contributed by atoms with Crippen molar-refractivity contribution in [1.29, 1.82) is 0 Å². The lowest BCUT2D eigenvalue weighted by Crippen LogP contribution is -2.41. The zero-order valence-electron chi connectivity index (χ0n) is 17.3. The fraction of sp³-hybridized carbons (Fsp3) is 0.292. The van der Waals surface area contributed by atoms with Crippen LogP contribution >= 0.6 is 11.6 Å². The Bertz CT molecular complexity index is 1320. The molecule has 0 aromatic heterocycles. The average molecular weight is 473 g/mol. The lowest BCUT2D eigenvalue weighted by atomic mass is 9.96. The third-order valence-corrected chi connectivity index (χ3v) is 8.67. The van der Waals surface area contributed by atoms with Gasteiger partial charge in [-0.05, 0) is 66.5 Å².